The predicted octanol–water partition coefficient (Wildman–Crippen LogP) is 0.702. The monoisotopic (exact) mass is 312 g/mol. The number of aromatic nitrogens is 1. The minimum absolute atomic E-state index is 0.146. The second kappa shape index (κ2) is 5.32. The highest BCUT2D eigenvalue weighted by Crippen LogP contribution is 2.26. The van der Waals surface area contributed by atoms with E-state index in [1.807, 2.05) is 0 Å². The normalized spacial score (nSPS) is 21.7. The van der Waals surface area contributed by atoms with E-state index in [2.05, 4.69) is 20.9 Å². The molecule has 1 aliphatic rings. The van der Waals surface area contributed by atoms with Crippen LogP contribution in [0.4, 0.5) is 9.59 Å². The number of nitrogens with zero attached hydrogens (tertiary/aromatic N) is 1. The Morgan fingerprint density at radius 2 is 2.19 bits per heavy atom. The molecule has 1 fully saturated rings. The third-order valence-electron chi connectivity index (χ3n) is 2.64. The fourth-order valence-corrected chi connectivity index (χ4v) is 2.58. The Labute approximate surface area is 125 Å². The lowest BCUT2D eigenvalue weighted by Gasteiger charge is -2.25. The molecule has 1 saturated heterocycles. The SMILES string of the molecule is CC(C)(C)OC(=O)NCC1(c2nccs2)NC(=O)NC1=O. The molecule has 0 aliphatic carbocycles. The molecule has 1 unspecified atom stereocenters. The summed E-state index contributed by atoms with van der Waals surface area (Å²) < 4.78 is 5.11. The van der Waals surface area contributed by atoms with Crippen molar-refractivity contribution >= 4 is 29.4 Å². The van der Waals surface area contributed by atoms with Gasteiger partial charge in [0.2, 0.25) is 0 Å². The topological polar surface area (TPSA) is 109 Å². The summed E-state index contributed by atoms with van der Waals surface area (Å²) in [5, 5.41) is 9.23. The Morgan fingerprint density at radius 3 is 2.67 bits per heavy atom. The van der Waals surface area contributed by atoms with Gasteiger partial charge < -0.3 is 15.4 Å². The van der Waals surface area contributed by atoms with E-state index in [1.165, 1.54) is 17.5 Å². The zero-order chi connectivity index (χ0) is 15.7. The van der Waals surface area contributed by atoms with Crippen LogP contribution in [0.5, 0.6) is 0 Å². The number of thiazole rings is 1. The van der Waals surface area contributed by atoms with Crippen molar-refractivity contribution in [1.29, 1.82) is 0 Å². The zero-order valence-electron chi connectivity index (χ0n) is 11.9. The van der Waals surface area contributed by atoms with Crippen LogP contribution in [0.15, 0.2) is 11.6 Å². The maximum absolute atomic E-state index is 12.1. The van der Waals surface area contributed by atoms with Crippen molar-refractivity contribution in [3.05, 3.63) is 16.6 Å². The number of urea groups is 1. The summed E-state index contributed by atoms with van der Waals surface area (Å²) in [7, 11) is 0. The highest BCUT2D eigenvalue weighted by molar-refractivity contribution is 7.09. The molecule has 4 amide bonds. The molecule has 8 nitrogen and oxygen atoms in total. The van der Waals surface area contributed by atoms with E-state index in [4.69, 9.17) is 4.74 Å². The lowest BCUT2D eigenvalue weighted by molar-refractivity contribution is -0.124. The second-order valence-electron chi connectivity index (χ2n) is 5.51. The second-order valence-corrected chi connectivity index (χ2v) is 6.40. The molecular formula is C12H16N4O4S. The summed E-state index contributed by atoms with van der Waals surface area (Å²) in [5.41, 5.74) is -2.05. The van der Waals surface area contributed by atoms with Crippen molar-refractivity contribution in [2.24, 2.45) is 0 Å². The molecule has 1 atom stereocenters. The molecule has 0 spiro atoms. The van der Waals surface area contributed by atoms with Crippen LogP contribution in [0.3, 0.4) is 0 Å². The van der Waals surface area contributed by atoms with Crippen LogP contribution in [-0.2, 0) is 15.1 Å². The number of carbonyl (C=O) groups is 3. The standard InChI is InChI=1S/C12H16N4O4S/c1-11(2,3)20-10(19)14-6-12(8-13-4-5-21-8)7(17)15-9(18)16-12/h4-5H,6H2,1-3H3,(H,14,19)(H2,15,16,17,18). The van der Waals surface area contributed by atoms with Crippen LogP contribution in [-0.4, -0.2) is 35.2 Å². The van der Waals surface area contributed by atoms with E-state index in [-0.39, 0.29) is 6.54 Å². The average molecular weight is 312 g/mol. The Morgan fingerprint density at radius 1 is 1.48 bits per heavy atom. The highest BCUT2D eigenvalue weighted by Gasteiger charge is 2.50. The molecule has 1 aromatic heterocycles. The number of hydrogen-bond acceptors (Lipinski definition) is 6. The van der Waals surface area contributed by atoms with Crippen molar-refractivity contribution in [3.8, 4) is 0 Å². The molecule has 9 heteroatoms. The van der Waals surface area contributed by atoms with Crippen molar-refractivity contribution in [3.63, 3.8) is 0 Å². The smallest absolute Gasteiger partial charge is 0.407 e. The Kier molecular flexibility index (Phi) is 3.86. The van der Waals surface area contributed by atoms with Gasteiger partial charge in [-0.1, -0.05) is 0 Å². The molecule has 2 rings (SSSR count). The Hall–Kier alpha value is -2.16. The van der Waals surface area contributed by atoms with Crippen molar-refractivity contribution in [2.75, 3.05) is 6.54 Å². The number of ether oxygens (including phenoxy) is 1. The quantitative estimate of drug-likeness (QED) is 0.712. The third kappa shape index (κ3) is 3.30. The number of alkyl carbamates (subject to hydrolysis) is 1. The summed E-state index contributed by atoms with van der Waals surface area (Å²) in [5.74, 6) is -0.557. The molecule has 0 bridgehead atoms. The Bertz CT molecular complexity index is 566. The highest BCUT2D eigenvalue weighted by atomic mass is 32.1. The zero-order valence-corrected chi connectivity index (χ0v) is 12.7. The molecule has 0 saturated carbocycles. The minimum Gasteiger partial charge on any atom is -0.444 e. The van der Waals surface area contributed by atoms with E-state index >= 15 is 0 Å². The van der Waals surface area contributed by atoms with Crippen LogP contribution in [0.25, 0.3) is 0 Å². The number of carbonyl (C=O) groups excluding carboxylic acids is 3. The van der Waals surface area contributed by atoms with Gasteiger partial charge in [0.25, 0.3) is 5.91 Å². The minimum atomic E-state index is -1.40. The number of nitrogens with one attached hydrogen (secondary N) is 3. The Balaban J connectivity index is 2.14. The summed E-state index contributed by atoms with van der Waals surface area (Å²) in [6.45, 7) is 5.04. The fraction of sp³-hybridized carbons (Fsp3) is 0.500. The van der Waals surface area contributed by atoms with E-state index in [9.17, 15) is 14.4 Å². The summed E-state index contributed by atoms with van der Waals surface area (Å²) in [4.78, 5) is 39.3. The van der Waals surface area contributed by atoms with Gasteiger partial charge in [0, 0.05) is 11.6 Å². The molecular weight excluding hydrogens is 296 g/mol. The third-order valence-corrected chi connectivity index (χ3v) is 3.57. The molecule has 1 aliphatic heterocycles. The predicted molar refractivity (Wildman–Crippen MR) is 74.7 cm³/mol. The number of hydrogen-bond donors (Lipinski definition) is 3. The fourth-order valence-electron chi connectivity index (χ4n) is 1.80. The first kappa shape index (κ1) is 15.2. The first-order valence-corrected chi connectivity index (χ1v) is 7.11. The van der Waals surface area contributed by atoms with Crippen LogP contribution >= 0.6 is 11.3 Å². The first-order chi connectivity index (χ1) is 9.73. The lowest BCUT2D eigenvalue weighted by atomic mass is 10.0. The average Bonchev–Trinajstić information content (AvgIpc) is 2.93. The van der Waals surface area contributed by atoms with Gasteiger partial charge in [0.1, 0.15) is 10.6 Å². The van der Waals surface area contributed by atoms with Gasteiger partial charge in [-0.2, -0.15) is 0 Å². The molecule has 21 heavy (non-hydrogen) atoms. The molecule has 3 N–H and O–H groups in total. The number of imide groups is 1. The first-order valence-electron chi connectivity index (χ1n) is 6.23. The summed E-state index contributed by atoms with van der Waals surface area (Å²) in [6, 6.07) is -0.624. The van der Waals surface area contributed by atoms with Gasteiger partial charge in [0.15, 0.2) is 5.54 Å². The molecule has 2 heterocycles. The van der Waals surface area contributed by atoms with Gasteiger partial charge in [-0.25, -0.2) is 14.6 Å². The maximum Gasteiger partial charge on any atom is 0.407 e. The van der Waals surface area contributed by atoms with Gasteiger partial charge >= 0.3 is 12.1 Å². The molecule has 0 aromatic carbocycles. The number of amides is 4. The maximum atomic E-state index is 12.1. The largest absolute Gasteiger partial charge is 0.444 e. The summed E-state index contributed by atoms with van der Waals surface area (Å²) >= 11 is 1.21. The van der Waals surface area contributed by atoms with E-state index in [0.29, 0.717) is 5.01 Å². The number of rotatable bonds is 3. The van der Waals surface area contributed by atoms with Crippen molar-refractivity contribution in [1.82, 2.24) is 20.9 Å². The van der Waals surface area contributed by atoms with Gasteiger partial charge in [-0.3, -0.25) is 10.1 Å². The van der Waals surface area contributed by atoms with Gasteiger partial charge in [-0.15, -0.1) is 11.3 Å². The summed E-state index contributed by atoms with van der Waals surface area (Å²) in [6.07, 6.45) is 0.847. The van der Waals surface area contributed by atoms with Crippen molar-refractivity contribution in [2.45, 2.75) is 31.9 Å². The lowest BCUT2D eigenvalue weighted by Crippen LogP contribution is -2.53. The van der Waals surface area contributed by atoms with Crippen molar-refractivity contribution < 1.29 is 19.1 Å². The van der Waals surface area contributed by atoms with Gasteiger partial charge in [-0.05, 0) is 20.8 Å². The molecule has 1 aromatic rings. The van der Waals surface area contributed by atoms with Crippen LogP contribution in [0.1, 0.15) is 25.8 Å². The molecule has 114 valence electrons. The van der Waals surface area contributed by atoms with E-state index < -0.39 is 29.2 Å². The van der Waals surface area contributed by atoms with Crippen LogP contribution < -0.4 is 16.0 Å². The van der Waals surface area contributed by atoms with Crippen LogP contribution in [0, 0.1) is 0 Å². The van der Waals surface area contributed by atoms with E-state index in [0.717, 1.165) is 0 Å². The van der Waals surface area contributed by atoms with Crippen LogP contribution in [0.2, 0.25) is 0 Å². The molecule has 0 radical (unpaired) electrons. The van der Waals surface area contributed by atoms with Gasteiger partial charge in [0.05, 0.1) is 6.54 Å². The van der Waals surface area contributed by atoms with E-state index in [1.54, 1.807) is 26.2 Å².